The second-order valence-electron chi connectivity index (χ2n) is 4.08. The maximum absolute atomic E-state index is 13.6. The zero-order valence-electron chi connectivity index (χ0n) is 10.3. The highest BCUT2D eigenvalue weighted by atomic mass is 79.9. The number of aryl methyl sites for hydroxylation is 1. The van der Waals surface area contributed by atoms with Crippen LogP contribution < -0.4 is 5.32 Å². The first-order valence-electron chi connectivity index (χ1n) is 5.91. The van der Waals surface area contributed by atoms with Crippen molar-refractivity contribution in [1.29, 1.82) is 0 Å². The van der Waals surface area contributed by atoms with E-state index in [1.54, 1.807) is 12.1 Å². The van der Waals surface area contributed by atoms with Gasteiger partial charge in [0, 0.05) is 16.2 Å². The van der Waals surface area contributed by atoms with Gasteiger partial charge in [0.2, 0.25) is 0 Å². The van der Waals surface area contributed by atoms with Gasteiger partial charge < -0.3 is 5.32 Å². The van der Waals surface area contributed by atoms with Crippen LogP contribution in [-0.4, -0.2) is 16.1 Å². The number of benzene rings is 1. The number of H-pyrrole nitrogens is 1. The molecular weight excluding hydrogens is 313 g/mol. The standard InChI is InChI=1S/C13H13BrFN3O/c1-2-4-8-7-11(18-17-8)16-13(19)12-9(14)5-3-6-10(12)15/h3,5-7H,2,4H2,1H3,(H2,16,17,18,19). The summed E-state index contributed by atoms with van der Waals surface area (Å²) in [7, 11) is 0. The van der Waals surface area contributed by atoms with Crippen molar-refractivity contribution >= 4 is 27.7 Å². The molecule has 100 valence electrons. The van der Waals surface area contributed by atoms with Crippen molar-refractivity contribution < 1.29 is 9.18 Å². The summed E-state index contributed by atoms with van der Waals surface area (Å²) in [6.45, 7) is 2.05. The second kappa shape index (κ2) is 5.97. The van der Waals surface area contributed by atoms with E-state index in [0.717, 1.165) is 18.5 Å². The number of rotatable bonds is 4. The van der Waals surface area contributed by atoms with Gasteiger partial charge in [-0.15, -0.1) is 0 Å². The summed E-state index contributed by atoms with van der Waals surface area (Å²) >= 11 is 3.16. The third-order valence-corrected chi connectivity index (χ3v) is 3.24. The number of carbonyl (C=O) groups is 1. The first kappa shape index (κ1) is 13.7. The number of anilines is 1. The van der Waals surface area contributed by atoms with Crippen LogP contribution in [0.5, 0.6) is 0 Å². The lowest BCUT2D eigenvalue weighted by atomic mass is 10.2. The van der Waals surface area contributed by atoms with Crippen molar-refractivity contribution in [2.75, 3.05) is 5.32 Å². The third kappa shape index (κ3) is 3.20. The number of carbonyl (C=O) groups excluding carboxylic acids is 1. The molecule has 0 aliphatic carbocycles. The van der Waals surface area contributed by atoms with Gasteiger partial charge in [0.25, 0.3) is 5.91 Å². The van der Waals surface area contributed by atoms with E-state index < -0.39 is 11.7 Å². The van der Waals surface area contributed by atoms with E-state index in [-0.39, 0.29) is 5.56 Å². The van der Waals surface area contributed by atoms with Crippen LogP contribution in [0.4, 0.5) is 10.2 Å². The Morgan fingerprint density at radius 2 is 2.32 bits per heavy atom. The normalized spacial score (nSPS) is 10.5. The summed E-state index contributed by atoms with van der Waals surface area (Å²) in [5, 5.41) is 9.35. The predicted octanol–water partition coefficient (Wildman–Crippen LogP) is 3.52. The summed E-state index contributed by atoms with van der Waals surface area (Å²) in [5.74, 6) is -0.709. The summed E-state index contributed by atoms with van der Waals surface area (Å²) in [4.78, 5) is 12.0. The van der Waals surface area contributed by atoms with Crippen molar-refractivity contribution in [3.63, 3.8) is 0 Å². The minimum Gasteiger partial charge on any atom is -0.305 e. The highest BCUT2D eigenvalue weighted by Gasteiger charge is 2.16. The zero-order valence-corrected chi connectivity index (χ0v) is 11.9. The Bertz CT molecular complexity index is 577. The fourth-order valence-corrected chi connectivity index (χ4v) is 2.24. The number of hydrogen-bond acceptors (Lipinski definition) is 2. The van der Waals surface area contributed by atoms with Crippen LogP contribution >= 0.6 is 15.9 Å². The Hall–Kier alpha value is -1.69. The molecule has 0 saturated carbocycles. The lowest BCUT2D eigenvalue weighted by Crippen LogP contribution is -2.14. The molecule has 1 aromatic heterocycles. The van der Waals surface area contributed by atoms with Gasteiger partial charge in [-0.25, -0.2) is 4.39 Å². The highest BCUT2D eigenvalue weighted by molar-refractivity contribution is 9.10. The fraction of sp³-hybridized carbons (Fsp3) is 0.231. The molecule has 0 aliphatic heterocycles. The van der Waals surface area contributed by atoms with E-state index in [4.69, 9.17) is 0 Å². The maximum Gasteiger partial charge on any atom is 0.260 e. The van der Waals surface area contributed by atoms with Crippen molar-refractivity contribution in [1.82, 2.24) is 10.2 Å². The summed E-state index contributed by atoms with van der Waals surface area (Å²) in [5.41, 5.74) is 0.910. The lowest BCUT2D eigenvalue weighted by Gasteiger charge is -2.05. The maximum atomic E-state index is 13.6. The van der Waals surface area contributed by atoms with E-state index in [0.29, 0.717) is 10.3 Å². The van der Waals surface area contributed by atoms with Crippen molar-refractivity contribution in [3.8, 4) is 0 Å². The fourth-order valence-electron chi connectivity index (χ4n) is 1.72. The summed E-state index contributed by atoms with van der Waals surface area (Å²) < 4.78 is 14.0. The average molecular weight is 326 g/mol. The molecular formula is C13H13BrFN3O. The molecule has 19 heavy (non-hydrogen) atoms. The Balaban J connectivity index is 2.16. The molecule has 2 rings (SSSR count). The average Bonchev–Trinajstić information content (AvgIpc) is 2.77. The molecule has 0 radical (unpaired) electrons. The van der Waals surface area contributed by atoms with Crippen LogP contribution in [0.25, 0.3) is 0 Å². The number of amides is 1. The van der Waals surface area contributed by atoms with Crippen molar-refractivity contribution in [3.05, 3.63) is 45.8 Å². The number of aromatic nitrogens is 2. The van der Waals surface area contributed by atoms with E-state index >= 15 is 0 Å². The molecule has 2 N–H and O–H groups in total. The SMILES string of the molecule is CCCc1cc(NC(=O)c2c(F)cccc2Br)n[nH]1. The summed E-state index contributed by atoms with van der Waals surface area (Å²) in [6, 6.07) is 6.14. The number of aromatic amines is 1. The van der Waals surface area contributed by atoms with Crippen molar-refractivity contribution in [2.24, 2.45) is 0 Å². The van der Waals surface area contributed by atoms with Gasteiger partial charge in [0.1, 0.15) is 5.82 Å². The van der Waals surface area contributed by atoms with Gasteiger partial charge in [0.15, 0.2) is 5.82 Å². The molecule has 1 amide bonds. The molecule has 1 heterocycles. The lowest BCUT2D eigenvalue weighted by molar-refractivity contribution is 0.102. The number of hydrogen-bond donors (Lipinski definition) is 2. The molecule has 0 fully saturated rings. The number of nitrogens with one attached hydrogen (secondary N) is 2. The quantitative estimate of drug-likeness (QED) is 0.903. The van der Waals surface area contributed by atoms with Gasteiger partial charge in [0.05, 0.1) is 5.56 Å². The zero-order chi connectivity index (χ0) is 13.8. The molecule has 0 bridgehead atoms. The predicted molar refractivity (Wildman–Crippen MR) is 74.6 cm³/mol. The second-order valence-corrected chi connectivity index (χ2v) is 4.93. The first-order chi connectivity index (χ1) is 9.11. The van der Waals surface area contributed by atoms with E-state index in [2.05, 4.69) is 38.4 Å². The molecule has 1 aromatic carbocycles. The molecule has 6 heteroatoms. The third-order valence-electron chi connectivity index (χ3n) is 2.58. The Kier molecular flexibility index (Phi) is 4.31. The highest BCUT2D eigenvalue weighted by Crippen LogP contribution is 2.20. The van der Waals surface area contributed by atoms with Gasteiger partial charge in [-0.3, -0.25) is 9.89 Å². The van der Waals surface area contributed by atoms with Crippen LogP contribution in [0.3, 0.4) is 0 Å². The van der Waals surface area contributed by atoms with Crippen LogP contribution in [-0.2, 0) is 6.42 Å². The molecule has 0 atom stereocenters. The van der Waals surface area contributed by atoms with Crippen LogP contribution in [0, 0.1) is 5.82 Å². The molecule has 0 saturated heterocycles. The van der Waals surface area contributed by atoms with E-state index in [1.807, 2.05) is 0 Å². The largest absolute Gasteiger partial charge is 0.305 e. The Labute approximate surface area is 118 Å². The van der Waals surface area contributed by atoms with Gasteiger partial charge in [-0.1, -0.05) is 19.4 Å². The van der Waals surface area contributed by atoms with Gasteiger partial charge in [-0.05, 0) is 34.5 Å². The summed E-state index contributed by atoms with van der Waals surface area (Å²) in [6.07, 6.45) is 1.83. The van der Waals surface area contributed by atoms with E-state index in [1.165, 1.54) is 12.1 Å². The number of nitrogens with zero attached hydrogens (tertiary/aromatic N) is 1. The molecule has 2 aromatic rings. The number of halogens is 2. The Morgan fingerprint density at radius 1 is 1.53 bits per heavy atom. The smallest absolute Gasteiger partial charge is 0.260 e. The first-order valence-corrected chi connectivity index (χ1v) is 6.70. The monoisotopic (exact) mass is 325 g/mol. The van der Waals surface area contributed by atoms with Crippen LogP contribution in [0.1, 0.15) is 29.4 Å². The molecule has 0 aliphatic rings. The van der Waals surface area contributed by atoms with Crippen LogP contribution in [0.2, 0.25) is 0 Å². The van der Waals surface area contributed by atoms with Gasteiger partial charge in [-0.2, -0.15) is 5.10 Å². The topological polar surface area (TPSA) is 57.8 Å². The van der Waals surface area contributed by atoms with Crippen molar-refractivity contribution in [2.45, 2.75) is 19.8 Å². The molecule has 0 spiro atoms. The van der Waals surface area contributed by atoms with E-state index in [9.17, 15) is 9.18 Å². The Morgan fingerprint density at radius 3 is 3.00 bits per heavy atom. The minimum atomic E-state index is -0.573. The van der Waals surface area contributed by atoms with Crippen LogP contribution in [0.15, 0.2) is 28.7 Å². The molecule has 0 unspecified atom stereocenters. The minimum absolute atomic E-state index is 0.0254. The molecule has 4 nitrogen and oxygen atoms in total. The van der Waals surface area contributed by atoms with Gasteiger partial charge >= 0.3 is 0 Å².